The molecule has 0 radical (unpaired) electrons. The first-order chi connectivity index (χ1) is 13.3. The molecule has 0 amide bonds. The standard InChI is InChI=1S/C21H22N4O2/c1-26-20-9-7-17(8-10-20)21-18(15-22-24-11-13-27-14-12-24)16-25(23-21)19-5-3-2-4-6-19/h2-10,15-16H,11-14H2,1H3/b22-15+. The first kappa shape index (κ1) is 17.3. The lowest BCUT2D eigenvalue weighted by Gasteiger charge is -2.23. The van der Waals surface area contributed by atoms with Crippen molar-refractivity contribution in [3.8, 4) is 22.7 Å². The van der Waals surface area contributed by atoms with Crippen LogP contribution in [0.2, 0.25) is 0 Å². The fourth-order valence-electron chi connectivity index (χ4n) is 2.98. The van der Waals surface area contributed by atoms with Gasteiger partial charge < -0.3 is 9.47 Å². The molecule has 0 aliphatic carbocycles. The van der Waals surface area contributed by atoms with E-state index in [0.717, 1.165) is 41.3 Å². The normalized spacial score (nSPS) is 14.6. The molecule has 1 fully saturated rings. The Hall–Kier alpha value is -3.12. The Morgan fingerprint density at radius 3 is 2.48 bits per heavy atom. The Morgan fingerprint density at radius 1 is 1.04 bits per heavy atom. The number of morpholine rings is 1. The van der Waals surface area contributed by atoms with Crippen LogP contribution in [0, 0.1) is 0 Å². The lowest BCUT2D eigenvalue weighted by atomic mass is 10.1. The molecule has 0 atom stereocenters. The van der Waals surface area contributed by atoms with Crippen LogP contribution in [-0.4, -0.2) is 54.4 Å². The number of aromatic nitrogens is 2. The monoisotopic (exact) mass is 362 g/mol. The number of hydrogen-bond acceptors (Lipinski definition) is 5. The summed E-state index contributed by atoms with van der Waals surface area (Å²) in [5, 5.41) is 11.5. The molecular formula is C21H22N4O2. The number of rotatable bonds is 5. The molecule has 0 bridgehead atoms. The number of para-hydroxylation sites is 1. The molecule has 2 aromatic carbocycles. The average Bonchev–Trinajstić information content (AvgIpc) is 3.18. The number of hydrogen-bond donors (Lipinski definition) is 0. The average molecular weight is 362 g/mol. The second-order valence-electron chi connectivity index (χ2n) is 6.25. The molecule has 1 aliphatic heterocycles. The highest BCUT2D eigenvalue weighted by Crippen LogP contribution is 2.25. The predicted octanol–water partition coefficient (Wildman–Crippen LogP) is 3.21. The van der Waals surface area contributed by atoms with Gasteiger partial charge in [0.1, 0.15) is 11.4 Å². The summed E-state index contributed by atoms with van der Waals surface area (Å²) in [7, 11) is 1.67. The lowest BCUT2D eigenvalue weighted by Crippen LogP contribution is -2.32. The van der Waals surface area contributed by atoms with Crippen molar-refractivity contribution >= 4 is 6.21 Å². The topological polar surface area (TPSA) is 51.9 Å². The highest BCUT2D eigenvalue weighted by Gasteiger charge is 2.13. The lowest BCUT2D eigenvalue weighted by molar-refractivity contribution is 0.0397. The maximum absolute atomic E-state index is 5.38. The second-order valence-corrected chi connectivity index (χ2v) is 6.25. The Balaban J connectivity index is 1.70. The van der Waals surface area contributed by atoms with Gasteiger partial charge in [0.15, 0.2) is 0 Å². The summed E-state index contributed by atoms with van der Waals surface area (Å²) in [6.07, 6.45) is 3.90. The SMILES string of the molecule is COc1ccc(-c2nn(-c3ccccc3)cc2/C=N/N2CCOCC2)cc1. The van der Waals surface area contributed by atoms with E-state index in [0.29, 0.717) is 13.2 Å². The molecule has 27 heavy (non-hydrogen) atoms. The largest absolute Gasteiger partial charge is 0.497 e. The van der Waals surface area contributed by atoms with E-state index in [9.17, 15) is 0 Å². The molecule has 1 aliphatic rings. The third-order valence-corrected chi connectivity index (χ3v) is 4.47. The maximum atomic E-state index is 5.38. The zero-order valence-electron chi connectivity index (χ0n) is 15.3. The highest BCUT2D eigenvalue weighted by molar-refractivity contribution is 5.88. The number of nitrogens with zero attached hydrogens (tertiary/aromatic N) is 4. The highest BCUT2D eigenvalue weighted by atomic mass is 16.5. The zero-order chi connectivity index (χ0) is 18.5. The molecule has 0 N–H and O–H groups in total. The van der Waals surface area contributed by atoms with Gasteiger partial charge in [-0.25, -0.2) is 4.68 Å². The van der Waals surface area contributed by atoms with Crippen LogP contribution in [0.1, 0.15) is 5.56 Å². The van der Waals surface area contributed by atoms with Crippen molar-refractivity contribution in [3.05, 3.63) is 66.4 Å². The van der Waals surface area contributed by atoms with Gasteiger partial charge >= 0.3 is 0 Å². The van der Waals surface area contributed by atoms with E-state index in [2.05, 4.69) is 5.10 Å². The minimum absolute atomic E-state index is 0.714. The Bertz CT molecular complexity index is 898. The van der Waals surface area contributed by atoms with Crippen molar-refractivity contribution in [1.29, 1.82) is 0 Å². The summed E-state index contributed by atoms with van der Waals surface area (Å²) in [6, 6.07) is 18.0. The molecule has 6 nitrogen and oxygen atoms in total. The molecule has 1 aromatic heterocycles. The summed E-state index contributed by atoms with van der Waals surface area (Å²) in [5.41, 5.74) is 3.89. The van der Waals surface area contributed by atoms with Gasteiger partial charge in [0.05, 0.1) is 45.3 Å². The Labute approximate surface area is 158 Å². The summed E-state index contributed by atoms with van der Waals surface area (Å²) < 4.78 is 12.5. The third-order valence-electron chi connectivity index (χ3n) is 4.47. The number of hydrazone groups is 1. The van der Waals surface area contributed by atoms with Crippen LogP contribution in [-0.2, 0) is 4.74 Å². The van der Waals surface area contributed by atoms with Crippen LogP contribution in [0.3, 0.4) is 0 Å². The van der Waals surface area contributed by atoms with Crippen LogP contribution in [0.15, 0.2) is 65.9 Å². The van der Waals surface area contributed by atoms with Crippen LogP contribution < -0.4 is 4.74 Å². The first-order valence-corrected chi connectivity index (χ1v) is 9.00. The molecule has 1 saturated heterocycles. The van der Waals surface area contributed by atoms with Crippen molar-refractivity contribution < 1.29 is 9.47 Å². The molecular weight excluding hydrogens is 340 g/mol. The van der Waals surface area contributed by atoms with Crippen LogP contribution in [0.4, 0.5) is 0 Å². The first-order valence-electron chi connectivity index (χ1n) is 9.00. The molecule has 2 heterocycles. The molecule has 6 heteroatoms. The fraction of sp³-hybridized carbons (Fsp3) is 0.238. The van der Waals surface area contributed by atoms with Crippen molar-refractivity contribution in [3.63, 3.8) is 0 Å². The summed E-state index contributed by atoms with van der Waals surface area (Å²) in [5.74, 6) is 0.824. The van der Waals surface area contributed by atoms with E-state index < -0.39 is 0 Å². The minimum atomic E-state index is 0.714. The van der Waals surface area contributed by atoms with Crippen LogP contribution >= 0.6 is 0 Å². The van der Waals surface area contributed by atoms with Gasteiger partial charge in [0, 0.05) is 17.3 Å². The third kappa shape index (κ3) is 4.01. The molecule has 3 aromatic rings. The van der Waals surface area contributed by atoms with Gasteiger partial charge in [-0.15, -0.1) is 0 Å². The van der Waals surface area contributed by atoms with Gasteiger partial charge in [-0.05, 0) is 36.4 Å². The summed E-state index contributed by atoms with van der Waals surface area (Å²) in [6.45, 7) is 3.04. The van der Waals surface area contributed by atoms with E-state index in [4.69, 9.17) is 14.6 Å². The minimum Gasteiger partial charge on any atom is -0.497 e. The number of methoxy groups -OCH3 is 1. The van der Waals surface area contributed by atoms with E-state index in [-0.39, 0.29) is 0 Å². The van der Waals surface area contributed by atoms with E-state index in [1.807, 2.05) is 76.7 Å². The van der Waals surface area contributed by atoms with E-state index >= 15 is 0 Å². The van der Waals surface area contributed by atoms with Crippen LogP contribution in [0.25, 0.3) is 16.9 Å². The molecule has 4 rings (SSSR count). The zero-order valence-corrected chi connectivity index (χ0v) is 15.3. The van der Waals surface area contributed by atoms with Gasteiger partial charge in [-0.2, -0.15) is 10.2 Å². The summed E-state index contributed by atoms with van der Waals surface area (Å²) >= 11 is 0. The van der Waals surface area contributed by atoms with Gasteiger partial charge in [0.25, 0.3) is 0 Å². The van der Waals surface area contributed by atoms with E-state index in [1.54, 1.807) is 7.11 Å². The summed E-state index contributed by atoms with van der Waals surface area (Å²) in [4.78, 5) is 0. The predicted molar refractivity (Wildman–Crippen MR) is 106 cm³/mol. The molecule has 0 unspecified atom stereocenters. The number of ether oxygens (including phenoxy) is 2. The Kier molecular flexibility index (Phi) is 5.16. The molecule has 0 saturated carbocycles. The fourth-order valence-corrected chi connectivity index (χ4v) is 2.98. The van der Waals surface area contributed by atoms with Gasteiger partial charge in [-0.1, -0.05) is 18.2 Å². The van der Waals surface area contributed by atoms with Crippen LogP contribution in [0.5, 0.6) is 5.75 Å². The van der Waals surface area contributed by atoms with Crippen molar-refractivity contribution in [2.24, 2.45) is 5.10 Å². The maximum Gasteiger partial charge on any atom is 0.118 e. The Morgan fingerprint density at radius 2 is 1.78 bits per heavy atom. The molecule has 0 spiro atoms. The quantitative estimate of drug-likeness (QED) is 0.654. The van der Waals surface area contributed by atoms with Crippen molar-refractivity contribution in [1.82, 2.24) is 14.8 Å². The smallest absolute Gasteiger partial charge is 0.118 e. The van der Waals surface area contributed by atoms with Gasteiger partial charge in [0.2, 0.25) is 0 Å². The number of benzene rings is 2. The van der Waals surface area contributed by atoms with E-state index in [1.165, 1.54) is 0 Å². The molecule has 138 valence electrons. The van der Waals surface area contributed by atoms with Gasteiger partial charge in [-0.3, -0.25) is 5.01 Å². The van der Waals surface area contributed by atoms with Crippen molar-refractivity contribution in [2.75, 3.05) is 33.4 Å². The van der Waals surface area contributed by atoms with Crippen molar-refractivity contribution in [2.45, 2.75) is 0 Å². The second kappa shape index (κ2) is 8.05.